The van der Waals surface area contributed by atoms with Gasteiger partial charge in [0.25, 0.3) is 0 Å². The molecule has 4 nitrogen and oxygen atoms in total. The van der Waals surface area contributed by atoms with Gasteiger partial charge in [-0.25, -0.2) is 4.98 Å². The summed E-state index contributed by atoms with van der Waals surface area (Å²) in [5, 5.41) is 4.80. The van der Waals surface area contributed by atoms with Crippen molar-refractivity contribution >= 4 is 21.9 Å². The van der Waals surface area contributed by atoms with Crippen LogP contribution >= 0.6 is 0 Å². The number of ether oxygens (including phenoxy) is 1. The zero-order valence-corrected chi connectivity index (χ0v) is 12.1. The van der Waals surface area contributed by atoms with Gasteiger partial charge in [0.15, 0.2) is 0 Å². The molecule has 3 heterocycles. The first-order valence-electron chi connectivity index (χ1n) is 7.34. The van der Waals surface area contributed by atoms with Gasteiger partial charge < -0.3 is 15.0 Å². The van der Waals surface area contributed by atoms with Crippen LogP contribution in [0.1, 0.15) is 17.4 Å². The lowest BCUT2D eigenvalue weighted by molar-refractivity contribution is -0.141. The van der Waals surface area contributed by atoms with Gasteiger partial charge in [-0.1, -0.05) is 6.07 Å². The Kier molecular flexibility index (Phi) is 3.28. The molecule has 1 saturated heterocycles. The van der Waals surface area contributed by atoms with Crippen molar-refractivity contribution in [1.82, 2.24) is 15.3 Å². The van der Waals surface area contributed by atoms with E-state index >= 15 is 0 Å². The van der Waals surface area contributed by atoms with E-state index < -0.39 is 11.9 Å². The van der Waals surface area contributed by atoms with Crippen molar-refractivity contribution in [3.63, 3.8) is 0 Å². The average molecular weight is 321 g/mol. The Morgan fingerprint density at radius 1 is 1.13 bits per heavy atom. The number of benzene rings is 1. The normalized spacial score (nSPS) is 19.5. The molecule has 0 bridgehead atoms. The second kappa shape index (κ2) is 5.21. The summed E-state index contributed by atoms with van der Waals surface area (Å²) in [6, 6.07) is 8.23. The van der Waals surface area contributed by atoms with Crippen LogP contribution in [0, 0.1) is 0 Å². The third-order valence-electron chi connectivity index (χ3n) is 4.07. The number of alkyl halides is 3. The van der Waals surface area contributed by atoms with Gasteiger partial charge in [0, 0.05) is 29.4 Å². The highest BCUT2D eigenvalue weighted by molar-refractivity contribution is 6.06. The number of aromatic nitrogens is 2. The highest BCUT2D eigenvalue weighted by Gasteiger charge is 2.32. The predicted molar refractivity (Wildman–Crippen MR) is 80.2 cm³/mol. The highest BCUT2D eigenvalue weighted by atomic mass is 19.4. The quantitative estimate of drug-likeness (QED) is 0.722. The molecule has 0 aliphatic carbocycles. The van der Waals surface area contributed by atoms with Gasteiger partial charge in [0.05, 0.1) is 12.7 Å². The van der Waals surface area contributed by atoms with Crippen molar-refractivity contribution in [3.05, 3.63) is 41.6 Å². The van der Waals surface area contributed by atoms with Crippen molar-refractivity contribution in [2.45, 2.75) is 12.3 Å². The molecule has 0 amide bonds. The minimum Gasteiger partial charge on any atom is -0.371 e. The zero-order chi connectivity index (χ0) is 16.0. The molecule has 0 spiro atoms. The summed E-state index contributed by atoms with van der Waals surface area (Å²) in [6.45, 7) is 2.20. The SMILES string of the molecule is FC(F)(F)c1ccc2c(n1)[nH]c1ccc([C@@H]3CNCCO3)cc12. The lowest BCUT2D eigenvalue weighted by Gasteiger charge is -2.24. The molecule has 2 aromatic heterocycles. The summed E-state index contributed by atoms with van der Waals surface area (Å²) in [5.74, 6) is 0. The van der Waals surface area contributed by atoms with E-state index in [4.69, 9.17) is 4.74 Å². The Hall–Kier alpha value is -2.12. The third kappa shape index (κ3) is 2.55. The maximum atomic E-state index is 12.8. The second-order valence-electron chi connectivity index (χ2n) is 5.58. The maximum absolute atomic E-state index is 12.8. The number of rotatable bonds is 1. The monoisotopic (exact) mass is 321 g/mol. The fourth-order valence-electron chi connectivity index (χ4n) is 2.93. The standard InChI is InChI=1S/C16H14F3N3O/c17-16(18,19)14-4-2-10-11-7-9(13-8-20-5-6-23-13)1-3-12(11)21-15(10)22-14/h1-4,7,13,20H,5-6,8H2,(H,21,22)/t13-/m0/s1. The Morgan fingerprint density at radius 3 is 2.74 bits per heavy atom. The highest BCUT2D eigenvalue weighted by Crippen LogP contribution is 2.32. The molecule has 0 unspecified atom stereocenters. The van der Waals surface area contributed by atoms with Crippen LogP contribution in [0.4, 0.5) is 13.2 Å². The summed E-state index contributed by atoms with van der Waals surface area (Å²) in [5.41, 5.74) is 1.12. The first-order chi connectivity index (χ1) is 11.0. The van der Waals surface area contributed by atoms with E-state index in [1.54, 1.807) is 0 Å². The van der Waals surface area contributed by atoms with Crippen LogP contribution in [0.3, 0.4) is 0 Å². The molecule has 1 atom stereocenters. The lowest BCUT2D eigenvalue weighted by Crippen LogP contribution is -2.33. The number of morpholine rings is 1. The molecule has 23 heavy (non-hydrogen) atoms. The molecule has 2 N–H and O–H groups in total. The predicted octanol–water partition coefficient (Wildman–Crippen LogP) is 3.40. The molecule has 4 rings (SSSR count). The number of pyridine rings is 1. The Balaban J connectivity index is 1.82. The first kappa shape index (κ1) is 14.5. The number of H-pyrrole nitrogens is 1. The summed E-state index contributed by atoms with van der Waals surface area (Å²) < 4.78 is 44.1. The van der Waals surface area contributed by atoms with Crippen molar-refractivity contribution in [2.75, 3.05) is 19.7 Å². The summed E-state index contributed by atoms with van der Waals surface area (Å²) >= 11 is 0. The molecule has 120 valence electrons. The van der Waals surface area contributed by atoms with E-state index in [2.05, 4.69) is 15.3 Å². The summed E-state index contributed by atoms with van der Waals surface area (Å²) in [4.78, 5) is 6.65. The van der Waals surface area contributed by atoms with E-state index in [1.165, 1.54) is 6.07 Å². The Morgan fingerprint density at radius 2 is 2.00 bits per heavy atom. The van der Waals surface area contributed by atoms with Crippen LogP contribution < -0.4 is 5.32 Å². The van der Waals surface area contributed by atoms with Gasteiger partial charge in [-0.3, -0.25) is 0 Å². The molecule has 0 saturated carbocycles. The lowest BCUT2D eigenvalue weighted by atomic mass is 10.0. The fraction of sp³-hybridized carbons (Fsp3) is 0.312. The van der Waals surface area contributed by atoms with E-state index in [9.17, 15) is 13.2 Å². The maximum Gasteiger partial charge on any atom is 0.433 e. The average Bonchev–Trinajstić information content (AvgIpc) is 2.91. The minimum absolute atomic E-state index is 0.0412. The van der Waals surface area contributed by atoms with Crippen molar-refractivity contribution in [2.24, 2.45) is 0 Å². The van der Waals surface area contributed by atoms with Gasteiger partial charge in [0.1, 0.15) is 11.3 Å². The number of nitrogens with one attached hydrogen (secondary N) is 2. The number of hydrogen-bond acceptors (Lipinski definition) is 3. The first-order valence-corrected chi connectivity index (χ1v) is 7.34. The molecule has 3 aromatic rings. The second-order valence-corrected chi connectivity index (χ2v) is 5.58. The minimum atomic E-state index is -4.45. The summed E-state index contributed by atoms with van der Waals surface area (Å²) in [7, 11) is 0. The number of halogens is 3. The van der Waals surface area contributed by atoms with Gasteiger partial charge in [-0.15, -0.1) is 0 Å². The van der Waals surface area contributed by atoms with Crippen LogP contribution in [0.5, 0.6) is 0 Å². The smallest absolute Gasteiger partial charge is 0.371 e. The summed E-state index contributed by atoms with van der Waals surface area (Å²) in [6.07, 6.45) is -4.49. The van der Waals surface area contributed by atoms with Crippen molar-refractivity contribution in [1.29, 1.82) is 0 Å². The van der Waals surface area contributed by atoms with Crippen molar-refractivity contribution < 1.29 is 17.9 Å². The Labute approximate surface area is 129 Å². The van der Waals surface area contributed by atoms with Crippen LogP contribution in [-0.2, 0) is 10.9 Å². The molecule has 1 aliphatic rings. The van der Waals surface area contributed by atoms with Crippen molar-refractivity contribution in [3.8, 4) is 0 Å². The topological polar surface area (TPSA) is 49.9 Å². The Bertz CT molecular complexity index is 866. The fourth-order valence-corrected chi connectivity index (χ4v) is 2.93. The largest absolute Gasteiger partial charge is 0.433 e. The molecule has 0 radical (unpaired) electrons. The van der Waals surface area contributed by atoms with E-state index in [0.717, 1.165) is 35.6 Å². The number of nitrogens with zero attached hydrogens (tertiary/aromatic N) is 1. The van der Waals surface area contributed by atoms with Gasteiger partial charge in [0.2, 0.25) is 0 Å². The van der Waals surface area contributed by atoms with Crippen LogP contribution in [0.15, 0.2) is 30.3 Å². The third-order valence-corrected chi connectivity index (χ3v) is 4.07. The van der Waals surface area contributed by atoms with Gasteiger partial charge in [-0.2, -0.15) is 13.2 Å². The van der Waals surface area contributed by atoms with E-state index in [-0.39, 0.29) is 11.8 Å². The van der Waals surface area contributed by atoms with Crippen LogP contribution in [-0.4, -0.2) is 29.7 Å². The number of hydrogen-bond donors (Lipinski definition) is 2. The number of fused-ring (bicyclic) bond motifs is 3. The molecular weight excluding hydrogens is 307 g/mol. The zero-order valence-electron chi connectivity index (χ0n) is 12.1. The molecule has 7 heteroatoms. The van der Waals surface area contributed by atoms with Gasteiger partial charge >= 0.3 is 6.18 Å². The van der Waals surface area contributed by atoms with Gasteiger partial charge in [-0.05, 0) is 29.8 Å². The number of aromatic amines is 1. The van der Waals surface area contributed by atoms with E-state index in [0.29, 0.717) is 12.0 Å². The van der Waals surface area contributed by atoms with Crippen LogP contribution in [0.2, 0.25) is 0 Å². The molecule has 1 fully saturated rings. The molecular formula is C16H14F3N3O. The van der Waals surface area contributed by atoms with E-state index in [1.807, 2.05) is 18.2 Å². The molecule has 1 aliphatic heterocycles. The van der Waals surface area contributed by atoms with Crippen LogP contribution in [0.25, 0.3) is 21.9 Å². The molecule has 1 aromatic carbocycles.